The highest BCUT2D eigenvalue weighted by Gasteiger charge is 2.11. The molecule has 0 radical (unpaired) electrons. The summed E-state index contributed by atoms with van der Waals surface area (Å²) in [5, 5.41) is 2.67. The molecule has 0 aliphatic rings. The summed E-state index contributed by atoms with van der Waals surface area (Å²) in [4.78, 5) is 11.3. The average Bonchev–Trinajstić information content (AvgIpc) is 2.37. The third-order valence-electron chi connectivity index (χ3n) is 2.75. The summed E-state index contributed by atoms with van der Waals surface area (Å²) in [6.45, 7) is 0.140. The van der Waals surface area contributed by atoms with Crippen molar-refractivity contribution in [2.45, 2.75) is 6.54 Å². The van der Waals surface area contributed by atoms with Crippen LogP contribution in [0.25, 0.3) is 0 Å². The van der Waals surface area contributed by atoms with E-state index in [1.165, 1.54) is 0 Å². The second kappa shape index (κ2) is 5.88. The summed E-state index contributed by atoms with van der Waals surface area (Å²) in [5.74, 6) is -2.13. The molecule has 3 N–H and O–H groups in total. The molecule has 104 valence electrons. The zero-order valence-electron chi connectivity index (χ0n) is 10.3. The molecule has 2 aromatic carbocycles. The number of halogens is 3. The van der Waals surface area contributed by atoms with E-state index in [1.807, 2.05) is 0 Å². The summed E-state index contributed by atoms with van der Waals surface area (Å²) in [6, 6.07) is 8.40. The van der Waals surface area contributed by atoms with Gasteiger partial charge in [0.25, 0.3) is 0 Å². The minimum absolute atomic E-state index is 0.0210. The summed E-state index contributed by atoms with van der Waals surface area (Å²) < 4.78 is 26.5. The first-order chi connectivity index (χ1) is 9.49. The maximum atomic E-state index is 13.6. The third-order valence-corrected chi connectivity index (χ3v) is 3.04. The van der Waals surface area contributed by atoms with E-state index in [2.05, 4.69) is 5.32 Å². The SMILES string of the molecule is NC(=O)c1ccccc1CNc1c(F)cc(F)cc1Cl. The van der Waals surface area contributed by atoms with Crippen LogP contribution in [0.4, 0.5) is 14.5 Å². The van der Waals surface area contributed by atoms with Crippen molar-refractivity contribution >= 4 is 23.2 Å². The van der Waals surface area contributed by atoms with E-state index >= 15 is 0 Å². The van der Waals surface area contributed by atoms with Crippen LogP contribution in [-0.4, -0.2) is 5.91 Å². The molecule has 0 saturated carbocycles. The number of hydrogen-bond acceptors (Lipinski definition) is 2. The smallest absolute Gasteiger partial charge is 0.249 e. The van der Waals surface area contributed by atoms with Gasteiger partial charge in [0.15, 0.2) is 5.82 Å². The summed E-state index contributed by atoms with van der Waals surface area (Å²) in [6.07, 6.45) is 0. The number of amides is 1. The fraction of sp³-hybridized carbons (Fsp3) is 0.0714. The Bertz CT molecular complexity index is 638. The van der Waals surface area contributed by atoms with Crippen LogP contribution in [0.1, 0.15) is 15.9 Å². The van der Waals surface area contributed by atoms with E-state index in [0.29, 0.717) is 11.1 Å². The number of rotatable bonds is 4. The van der Waals surface area contributed by atoms with Crippen LogP contribution in [0.5, 0.6) is 0 Å². The molecule has 0 aromatic heterocycles. The Kier molecular flexibility index (Phi) is 4.20. The van der Waals surface area contributed by atoms with Crippen molar-refractivity contribution in [1.82, 2.24) is 0 Å². The van der Waals surface area contributed by atoms with Gasteiger partial charge in [-0.15, -0.1) is 0 Å². The van der Waals surface area contributed by atoms with Crippen molar-refractivity contribution in [2.24, 2.45) is 5.73 Å². The van der Waals surface area contributed by atoms with Gasteiger partial charge in [0, 0.05) is 18.2 Å². The minimum Gasteiger partial charge on any atom is -0.377 e. The maximum absolute atomic E-state index is 13.6. The van der Waals surface area contributed by atoms with Gasteiger partial charge in [0.2, 0.25) is 5.91 Å². The second-order valence-electron chi connectivity index (χ2n) is 4.12. The number of nitrogens with two attached hydrogens (primary N) is 1. The summed E-state index contributed by atoms with van der Waals surface area (Å²) >= 11 is 5.77. The zero-order valence-corrected chi connectivity index (χ0v) is 11.0. The van der Waals surface area contributed by atoms with Crippen LogP contribution in [0.3, 0.4) is 0 Å². The number of anilines is 1. The molecule has 0 spiro atoms. The topological polar surface area (TPSA) is 55.1 Å². The predicted molar refractivity (Wildman–Crippen MR) is 73.7 cm³/mol. The number of carbonyl (C=O) groups is 1. The zero-order chi connectivity index (χ0) is 14.7. The molecule has 0 fully saturated rings. The molecule has 3 nitrogen and oxygen atoms in total. The number of nitrogens with one attached hydrogen (secondary N) is 1. The third kappa shape index (κ3) is 3.05. The molecule has 0 unspecified atom stereocenters. The highest BCUT2D eigenvalue weighted by molar-refractivity contribution is 6.33. The Labute approximate surface area is 119 Å². The molecule has 1 amide bonds. The van der Waals surface area contributed by atoms with Crippen molar-refractivity contribution in [2.75, 3.05) is 5.32 Å². The number of benzene rings is 2. The van der Waals surface area contributed by atoms with Gasteiger partial charge in [-0.25, -0.2) is 8.78 Å². The van der Waals surface area contributed by atoms with E-state index in [1.54, 1.807) is 24.3 Å². The quantitative estimate of drug-likeness (QED) is 0.909. The van der Waals surface area contributed by atoms with E-state index in [0.717, 1.165) is 12.1 Å². The Morgan fingerprint density at radius 1 is 1.25 bits per heavy atom. The van der Waals surface area contributed by atoms with Gasteiger partial charge in [-0.05, 0) is 17.7 Å². The Balaban J connectivity index is 2.24. The lowest BCUT2D eigenvalue weighted by atomic mass is 10.1. The number of carbonyl (C=O) groups excluding carboxylic acids is 1. The van der Waals surface area contributed by atoms with Crippen LogP contribution in [-0.2, 0) is 6.54 Å². The minimum atomic E-state index is -0.799. The molecule has 0 atom stereocenters. The van der Waals surface area contributed by atoms with Gasteiger partial charge in [-0.3, -0.25) is 4.79 Å². The Hall–Kier alpha value is -2.14. The van der Waals surface area contributed by atoms with Gasteiger partial charge in [-0.1, -0.05) is 29.8 Å². The van der Waals surface area contributed by atoms with Crippen molar-refractivity contribution in [3.8, 4) is 0 Å². The molecular weight excluding hydrogens is 286 g/mol. The molecule has 0 bridgehead atoms. The van der Waals surface area contributed by atoms with E-state index < -0.39 is 17.5 Å². The summed E-state index contributed by atoms with van der Waals surface area (Å²) in [7, 11) is 0. The molecule has 20 heavy (non-hydrogen) atoms. The molecular formula is C14H11ClF2N2O. The normalized spacial score (nSPS) is 10.3. The molecule has 2 rings (SSSR count). The van der Waals surface area contributed by atoms with Gasteiger partial charge < -0.3 is 11.1 Å². The van der Waals surface area contributed by atoms with Crippen molar-refractivity contribution in [3.63, 3.8) is 0 Å². The van der Waals surface area contributed by atoms with Gasteiger partial charge in [0.05, 0.1) is 10.7 Å². The molecule has 0 aliphatic carbocycles. The Morgan fingerprint density at radius 2 is 1.95 bits per heavy atom. The molecule has 0 heterocycles. The van der Waals surface area contributed by atoms with Crippen molar-refractivity contribution in [1.29, 1.82) is 0 Å². The standard InChI is InChI=1S/C14H11ClF2N2O/c15-11-5-9(16)6-12(17)13(11)19-7-8-3-1-2-4-10(8)14(18)20/h1-6,19H,7H2,(H2,18,20). The molecule has 6 heteroatoms. The van der Waals surface area contributed by atoms with Crippen LogP contribution in [0.2, 0.25) is 5.02 Å². The number of hydrogen-bond donors (Lipinski definition) is 2. The van der Waals surface area contributed by atoms with Crippen LogP contribution < -0.4 is 11.1 Å². The van der Waals surface area contributed by atoms with Crippen LogP contribution in [0, 0.1) is 11.6 Å². The predicted octanol–water partition coefficient (Wildman–Crippen LogP) is 3.33. The lowest BCUT2D eigenvalue weighted by molar-refractivity contribution is 0.0999. The van der Waals surface area contributed by atoms with E-state index in [9.17, 15) is 13.6 Å². The first-order valence-electron chi connectivity index (χ1n) is 5.75. The van der Waals surface area contributed by atoms with Gasteiger partial charge >= 0.3 is 0 Å². The van der Waals surface area contributed by atoms with Crippen molar-refractivity contribution in [3.05, 3.63) is 64.2 Å². The van der Waals surface area contributed by atoms with E-state index in [4.69, 9.17) is 17.3 Å². The fourth-order valence-electron chi connectivity index (χ4n) is 1.81. The van der Waals surface area contributed by atoms with Gasteiger partial charge in [-0.2, -0.15) is 0 Å². The monoisotopic (exact) mass is 296 g/mol. The first-order valence-corrected chi connectivity index (χ1v) is 6.13. The fourth-order valence-corrected chi connectivity index (χ4v) is 2.07. The van der Waals surface area contributed by atoms with Crippen LogP contribution in [0.15, 0.2) is 36.4 Å². The maximum Gasteiger partial charge on any atom is 0.249 e. The largest absolute Gasteiger partial charge is 0.377 e. The Morgan fingerprint density at radius 3 is 2.60 bits per heavy atom. The van der Waals surface area contributed by atoms with Gasteiger partial charge in [0.1, 0.15) is 5.82 Å². The molecule has 0 aliphatic heterocycles. The van der Waals surface area contributed by atoms with Crippen LogP contribution >= 0.6 is 11.6 Å². The first kappa shape index (κ1) is 14.3. The highest BCUT2D eigenvalue weighted by Crippen LogP contribution is 2.27. The number of primary amides is 1. The van der Waals surface area contributed by atoms with E-state index in [-0.39, 0.29) is 17.3 Å². The summed E-state index contributed by atoms with van der Waals surface area (Å²) in [5.41, 5.74) is 6.15. The molecule has 0 saturated heterocycles. The lowest BCUT2D eigenvalue weighted by Gasteiger charge is -2.11. The average molecular weight is 297 g/mol. The lowest BCUT2D eigenvalue weighted by Crippen LogP contribution is -2.15. The molecule has 2 aromatic rings. The highest BCUT2D eigenvalue weighted by atomic mass is 35.5. The van der Waals surface area contributed by atoms with Crippen molar-refractivity contribution < 1.29 is 13.6 Å². The second-order valence-corrected chi connectivity index (χ2v) is 4.53.